The summed E-state index contributed by atoms with van der Waals surface area (Å²) in [5.74, 6) is 0. The number of nitro benzene ring substituents is 1. The topological polar surface area (TPSA) is 107 Å². The average molecular weight is 364 g/mol. The number of non-ortho nitro benzene ring substituents is 1. The molecule has 0 spiro atoms. The summed E-state index contributed by atoms with van der Waals surface area (Å²) in [5, 5.41) is 14.6. The molecule has 10 heteroatoms. The first kappa shape index (κ1) is 16.1. The van der Waals surface area contributed by atoms with Crippen molar-refractivity contribution in [2.24, 2.45) is 12.1 Å². The van der Waals surface area contributed by atoms with Gasteiger partial charge in [-0.05, 0) is 24.3 Å². The first-order chi connectivity index (χ1) is 11.4. The zero-order valence-electron chi connectivity index (χ0n) is 12.4. The summed E-state index contributed by atoms with van der Waals surface area (Å²) in [5.41, 5.74) is 0.762. The molecule has 2 aromatic carbocycles. The maximum absolute atomic E-state index is 12.2. The molecule has 3 rings (SSSR count). The third-order valence-electron chi connectivity index (χ3n) is 3.33. The van der Waals surface area contributed by atoms with Gasteiger partial charge in [0.05, 0.1) is 20.0 Å². The maximum Gasteiger partial charge on any atom is 0.276 e. The van der Waals surface area contributed by atoms with E-state index in [0.717, 1.165) is 22.3 Å². The lowest BCUT2D eigenvalue weighted by Gasteiger charge is -2.02. The van der Waals surface area contributed by atoms with E-state index in [9.17, 15) is 18.5 Å². The third kappa shape index (κ3) is 3.01. The zero-order valence-corrected chi connectivity index (χ0v) is 14.0. The largest absolute Gasteiger partial charge is 0.318 e. The molecule has 0 bridgehead atoms. The molecule has 8 nitrogen and oxygen atoms in total. The Morgan fingerprint density at radius 2 is 1.83 bits per heavy atom. The van der Waals surface area contributed by atoms with Crippen molar-refractivity contribution in [1.29, 1.82) is 0 Å². The van der Waals surface area contributed by atoms with Gasteiger partial charge >= 0.3 is 0 Å². The predicted octanol–water partition coefficient (Wildman–Crippen LogP) is 1.94. The van der Waals surface area contributed by atoms with E-state index in [1.165, 1.54) is 23.5 Å². The first-order valence-electron chi connectivity index (χ1n) is 6.73. The number of hydrogen-bond acceptors (Lipinski definition) is 6. The monoisotopic (exact) mass is 364 g/mol. The number of benzene rings is 2. The summed E-state index contributed by atoms with van der Waals surface area (Å²) in [6, 6.07) is 12.2. The molecular weight excluding hydrogens is 352 g/mol. The highest BCUT2D eigenvalue weighted by Gasteiger charge is 2.15. The molecule has 0 unspecified atom stereocenters. The van der Waals surface area contributed by atoms with Crippen LogP contribution in [0.2, 0.25) is 0 Å². The lowest BCUT2D eigenvalue weighted by molar-refractivity contribution is -0.384. The number of thiazole rings is 1. The van der Waals surface area contributed by atoms with Crippen LogP contribution in [0.25, 0.3) is 10.2 Å². The van der Waals surface area contributed by atoms with Crippen LogP contribution in [-0.2, 0) is 17.1 Å². The van der Waals surface area contributed by atoms with Crippen molar-refractivity contribution in [3.8, 4) is 0 Å². The molecule has 3 aromatic rings. The van der Waals surface area contributed by atoms with Crippen molar-refractivity contribution >= 4 is 37.3 Å². The van der Waals surface area contributed by atoms with Crippen LogP contribution in [0, 0.1) is 10.1 Å². The quantitative estimate of drug-likeness (QED) is 0.564. The molecule has 0 aliphatic carbocycles. The van der Waals surface area contributed by atoms with Crippen molar-refractivity contribution in [2.75, 3.05) is 0 Å². The van der Waals surface area contributed by atoms with E-state index in [0.29, 0.717) is 4.80 Å². The van der Waals surface area contributed by atoms with Gasteiger partial charge in [0.25, 0.3) is 15.7 Å². The van der Waals surface area contributed by atoms with E-state index in [1.807, 2.05) is 24.3 Å². The van der Waals surface area contributed by atoms with Gasteiger partial charge in [-0.2, -0.15) is 13.2 Å². The number of sulfonamides is 1. The minimum atomic E-state index is -3.90. The molecule has 0 atom stereocenters. The molecule has 0 aliphatic rings. The second-order valence-corrected chi connectivity index (χ2v) is 7.54. The molecule has 0 saturated carbocycles. The van der Waals surface area contributed by atoms with Gasteiger partial charge in [-0.3, -0.25) is 10.1 Å². The van der Waals surface area contributed by atoms with Crippen molar-refractivity contribution in [3.05, 3.63) is 63.4 Å². The molecule has 0 amide bonds. The van der Waals surface area contributed by atoms with Crippen LogP contribution in [0.4, 0.5) is 5.69 Å². The Balaban J connectivity index is 1.94. The molecule has 0 fully saturated rings. The van der Waals surface area contributed by atoms with Gasteiger partial charge in [0.15, 0.2) is 0 Å². The SMILES string of the molecule is Cn1/c(=N\NS(=O)(=O)c2ccc([N+](=O)[O-])cc2)sc2ccccc21. The molecule has 1 heterocycles. The van der Waals surface area contributed by atoms with Gasteiger partial charge in [-0.1, -0.05) is 23.5 Å². The molecule has 0 saturated heterocycles. The van der Waals surface area contributed by atoms with Gasteiger partial charge < -0.3 is 4.57 Å². The summed E-state index contributed by atoms with van der Waals surface area (Å²) < 4.78 is 27.2. The lowest BCUT2D eigenvalue weighted by Crippen LogP contribution is -2.23. The average Bonchev–Trinajstić information content (AvgIpc) is 2.90. The number of fused-ring (bicyclic) bond motifs is 1. The number of para-hydroxylation sites is 1. The number of nitro groups is 1. The second-order valence-electron chi connectivity index (χ2n) is 4.87. The predicted molar refractivity (Wildman–Crippen MR) is 89.8 cm³/mol. The molecule has 0 radical (unpaired) electrons. The Hall–Kier alpha value is -2.72. The van der Waals surface area contributed by atoms with E-state index in [4.69, 9.17) is 0 Å². The van der Waals surface area contributed by atoms with Crippen LogP contribution < -0.4 is 9.63 Å². The Labute approximate surface area is 140 Å². The highest BCUT2D eigenvalue weighted by molar-refractivity contribution is 7.89. The third-order valence-corrected chi connectivity index (χ3v) is 5.67. The fourth-order valence-electron chi connectivity index (χ4n) is 2.09. The fraction of sp³-hybridized carbons (Fsp3) is 0.0714. The number of aromatic nitrogens is 1. The fourth-order valence-corrected chi connectivity index (χ4v) is 3.93. The molecule has 124 valence electrons. The van der Waals surface area contributed by atoms with Gasteiger partial charge in [0.1, 0.15) is 0 Å². The number of nitrogens with zero attached hydrogens (tertiary/aromatic N) is 3. The Kier molecular flexibility index (Phi) is 4.08. The Morgan fingerprint density at radius 3 is 2.46 bits per heavy atom. The van der Waals surface area contributed by atoms with Gasteiger partial charge in [0, 0.05) is 19.2 Å². The molecular formula is C14H12N4O4S2. The second kappa shape index (κ2) is 6.06. The van der Waals surface area contributed by atoms with Crippen LogP contribution in [0.5, 0.6) is 0 Å². The van der Waals surface area contributed by atoms with Crippen molar-refractivity contribution in [1.82, 2.24) is 9.40 Å². The van der Waals surface area contributed by atoms with E-state index < -0.39 is 14.9 Å². The number of hydrogen-bond donors (Lipinski definition) is 1. The van der Waals surface area contributed by atoms with Crippen LogP contribution in [0.1, 0.15) is 0 Å². The summed E-state index contributed by atoms with van der Waals surface area (Å²) in [6.07, 6.45) is 0. The van der Waals surface area contributed by atoms with E-state index >= 15 is 0 Å². The standard InChI is InChI=1S/C14H12N4O4S2/c1-17-12-4-2-3-5-13(12)23-14(17)15-16-24(21,22)11-8-6-10(7-9-11)18(19)20/h2-9,16H,1H3/b15-14+. The summed E-state index contributed by atoms with van der Waals surface area (Å²) in [7, 11) is -2.11. The van der Waals surface area contributed by atoms with E-state index in [-0.39, 0.29) is 10.6 Å². The summed E-state index contributed by atoms with van der Waals surface area (Å²) in [6.45, 7) is 0. The summed E-state index contributed by atoms with van der Waals surface area (Å²) in [4.78, 5) is 12.6. The van der Waals surface area contributed by atoms with Crippen molar-refractivity contribution < 1.29 is 13.3 Å². The van der Waals surface area contributed by atoms with Gasteiger partial charge in [0.2, 0.25) is 4.80 Å². The van der Waals surface area contributed by atoms with E-state index in [1.54, 1.807) is 11.6 Å². The van der Waals surface area contributed by atoms with Gasteiger partial charge in [-0.25, -0.2) is 0 Å². The minimum Gasteiger partial charge on any atom is -0.318 e. The van der Waals surface area contributed by atoms with Crippen LogP contribution in [-0.4, -0.2) is 17.9 Å². The van der Waals surface area contributed by atoms with Crippen LogP contribution >= 0.6 is 11.3 Å². The molecule has 1 N–H and O–H groups in total. The van der Waals surface area contributed by atoms with Crippen molar-refractivity contribution in [3.63, 3.8) is 0 Å². The first-order valence-corrected chi connectivity index (χ1v) is 9.03. The van der Waals surface area contributed by atoms with Crippen LogP contribution in [0.3, 0.4) is 0 Å². The highest BCUT2D eigenvalue weighted by Crippen LogP contribution is 2.16. The zero-order chi connectivity index (χ0) is 17.3. The smallest absolute Gasteiger partial charge is 0.276 e. The molecule has 0 aliphatic heterocycles. The number of aryl methyl sites for hydroxylation is 1. The Morgan fingerprint density at radius 1 is 1.17 bits per heavy atom. The van der Waals surface area contributed by atoms with E-state index in [2.05, 4.69) is 9.93 Å². The van der Waals surface area contributed by atoms with Crippen molar-refractivity contribution in [2.45, 2.75) is 4.90 Å². The molecule has 24 heavy (non-hydrogen) atoms. The number of nitrogens with one attached hydrogen (secondary N) is 1. The lowest BCUT2D eigenvalue weighted by atomic mass is 10.3. The van der Waals surface area contributed by atoms with Gasteiger partial charge in [-0.15, -0.1) is 5.10 Å². The number of rotatable bonds is 4. The normalized spacial score (nSPS) is 12.5. The maximum atomic E-state index is 12.2. The Bertz CT molecular complexity index is 1080. The minimum absolute atomic E-state index is 0.0967. The van der Waals surface area contributed by atoms with Crippen LogP contribution in [0.15, 0.2) is 58.5 Å². The summed E-state index contributed by atoms with van der Waals surface area (Å²) >= 11 is 1.35. The highest BCUT2D eigenvalue weighted by atomic mass is 32.2. The molecule has 1 aromatic heterocycles.